The number of thiophene rings is 1. The molecule has 2 nitrogen and oxygen atoms in total. The number of carboxylic acid groups (broad SMARTS) is 1. The van der Waals surface area contributed by atoms with E-state index in [0.29, 0.717) is 14.6 Å². The van der Waals surface area contributed by atoms with Gasteiger partial charge in [-0.3, -0.25) is 0 Å². The molecule has 0 fully saturated rings. The molecule has 1 aromatic carbocycles. The zero-order chi connectivity index (χ0) is 10.3. The fourth-order valence-corrected chi connectivity index (χ4v) is 2.77. The van der Waals surface area contributed by atoms with Gasteiger partial charge in [-0.05, 0) is 12.1 Å². The van der Waals surface area contributed by atoms with Gasteiger partial charge in [0, 0.05) is 15.7 Å². The minimum Gasteiger partial charge on any atom is -0.478 e. The van der Waals surface area contributed by atoms with E-state index in [4.69, 9.17) is 16.7 Å². The van der Waals surface area contributed by atoms with Crippen LogP contribution >= 0.6 is 35.6 Å². The Balaban J connectivity index is 2.88. The summed E-state index contributed by atoms with van der Waals surface area (Å²) < 4.78 is 0.695. The minimum atomic E-state index is -0.954. The van der Waals surface area contributed by atoms with Crippen molar-refractivity contribution >= 4 is 51.6 Å². The van der Waals surface area contributed by atoms with Gasteiger partial charge in [0.2, 0.25) is 0 Å². The van der Waals surface area contributed by atoms with E-state index in [2.05, 4.69) is 12.6 Å². The quantitative estimate of drug-likeness (QED) is 0.753. The van der Waals surface area contributed by atoms with E-state index in [9.17, 15) is 4.79 Å². The Morgan fingerprint density at radius 1 is 1.50 bits per heavy atom. The van der Waals surface area contributed by atoms with E-state index >= 15 is 0 Å². The van der Waals surface area contributed by atoms with Crippen molar-refractivity contribution in [2.24, 2.45) is 0 Å². The molecule has 1 aromatic heterocycles. The Kier molecular flexibility index (Phi) is 2.43. The molecule has 0 aliphatic carbocycles. The monoisotopic (exact) mass is 244 g/mol. The predicted molar refractivity (Wildman–Crippen MR) is 61.0 cm³/mol. The molecule has 0 aliphatic heterocycles. The van der Waals surface area contributed by atoms with Gasteiger partial charge in [0.05, 0.1) is 15.3 Å². The molecule has 14 heavy (non-hydrogen) atoms. The Morgan fingerprint density at radius 2 is 2.21 bits per heavy atom. The molecule has 0 unspecified atom stereocenters. The third kappa shape index (κ3) is 1.49. The second kappa shape index (κ2) is 3.46. The van der Waals surface area contributed by atoms with Gasteiger partial charge >= 0.3 is 5.97 Å². The van der Waals surface area contributed by atoms with E-state index in [1.807, 2.05) is 0 Å². The van der Waals surface area contributed by atoms with Crippen molar-refractivity contribution < 1.29 is 9.90 Å². The topological polar surface area (TPSA) is 37.3 Å². The van der Waals surface area contributed by atoms with E-state index in [1.165, 1.54) is 17.4 Å². The van der Waals surface area contributed by atoms with Crippen molar-refractivity contribution in [1.82, 2.24) is 0 Å². The highest BCUT2D eigenvalue weighted by molar-refractivity contribution is 7.80. The van der Waals surface area contributed by atoms with Gasteiger partial charge in [0.15, 0.2) is 0 Å². The van der Waals surface area contributed by atoms with Crippen LogP contribution in [0, 0.1) is 0 Å². The van der Waals surface area contributed by atoms with Crippen LogP contribution in [0.3, 0.4) is 0 Å². The molecular formula is C9H5ClO2S2. The van der Waals surface area contributed by atoms with E-state index < -0.39 is 5.97 Å². The first-order valence-electron chi connectivity index (χ1n) is 3.72. The Labute approximate surface area is 94.5 Å². The second-order valence-corrected chi connectivity index (χ2v) is 4.56. The summed E-state index contributed by atoms with van der Waals surface area (Å²) in [7, 11) is 0. The van der Waals surface area contributed by atoms with Crippen LogP contribution in [0.1, 0.15) is 10.4 Å². The third-order valence-electron chi connectivity index (χ3n) is 1.84. The summed E-state index contributed by atoms with van der Waals surface area (Å²) in [6, 6.07) is 3.30. The highest BCUT2D eigenvalue weighted by atomic mass is 35.5. The van der Waals surface area contributed by atoms with Crippen LogP contribution in [0.2, 0.25) is 5.02 Å². The predicted octanol–water partition coefficient (Wildman–Crippen LogP) is 3.54. The van der Waals surface area contributed by atoms with Crippen molar-refractivity contribution in [2.45, 2.75) is 4.90 Å². The van der Waals surface area contributed by atoms with Crippen LogP contribution in [0.15, 0.2) is 22.4 Å². The molecule has 0 aliphatic rings. The highest BCUT2D eigenvalue weighted by Gasteiger charge is 2.13. The maximum atomic E-state index is 10.9. The molecule has 5 heteroatoms. The van der Waals surface area contributed by atoms with Crippen molar-refractivity contribution in [3.05, 3.63) is 28.1 Å². The summed E-state index contributed by atoms with van der Waals surface area (Å²) in [6.45, 7) is 0. The van der Waals surface area contributed by atoms with Gasteiger partial charge in [0.25, 0.3) is 0 Å². The summed E-state index contributed by atoms with van der Waals surface area (Å²) in [6.07, 6.45) is 0. The first-order chi connectivity index (χ1) is 6.59. The molecule has 1 N–H and O–H groups in total. The normalized spacial score (nSPS) is 10.7. The maximum Gasteiger partial charge on any atom is 0.337 e. The molecule has 2 rings (SSSR count). The summed E-state index contributed by atoms with van der Waals surface area (Å²) in [5, 5.41) is 12.0. The van der Waals surface area contributed by atoms with E-state index in [0.717, 1.165) is 5.39 Å². The smallest absolute Gasteiger partial charge is 0.337 e. The van der Waals surface area contributed by atoms with Gasteiger partial charge < -0.3 is 5.11 Å². The Bertz CT molecular complexity index is 519. The number of halogens is 1. The van der Waals surface area contributed by atoms with Crippen LogP contribution < -0.4 is 0 Å². The molecular weight excluding hydrogens is 240 g/mol. The highest BCUT2D eigenvalue weighted by Crippen LogP contribution is 2.34. The average molecular weight is 245 g/mol. The Hall–Kier alpha value is -0.710. The second-order valence-electron chi connectivity index (χ2n) is 2.76. The number of carboxylic acids is 1. The van der Waals surface area contributed by atoms with E-state index in [-0.39, 0.29) is 5.56 Å². The van der Waals surface area contributed by atoms with Crippen molar-refractivity contribution in [3.63, 3.8) is 0 Å². The summed E-state index contributed by atoms with van der Waals surface area (Å²) >= 11 is 11.4. The number of thiol groups is 1. The lowest BCUT2D eigenvalue weighted by Crippen LogP contribution is -1.95. The summed E-state index contributed by atoms with van der Waals surface area (Å²) in [4.78, 5) is 11.5. The summed E-state index contributed by atoms with van der Waals surface area (Å²) in [5.41, 5.74) is 0.254. The molecule has 1 heterocycles. The maximum absolute atomic E-state index is 10.9. The summed E-state index contributed by atoms with van der Waals surface area (Å²) in [5.74, 6) is -0.954. The first-order valence-corrected chi connectivity index (χ1v) is 5.43. The van der Waals surface area contributed by atoms with Crippen molar-refractivity contribution in [3.8, 4) is 0 Å². The number of carbonyl (C=O) groups is 1. The molecule has 2 aromatic rings. The fourth-order valence-electron chi connectivity index (χ4n) is 1.25. The van der Waals surface area contributed by atoms with Gasteiger partial charge in [0.1, 0.15) is 0 Å². The van der Waals surface area contributed by atoms with Crippen LogP contribution in [-0.4, -0.2) is 11.1 Å². The lowest BCUT2D eigenvalue weighted by Gasteiger charge is -1.99. The number of rotatable bonds is 1. The molecule has 0 saturated heterocycles. The number of hydrogen-bond acceptors (Lipinski definition) is 3. The van der Waals surface area contributed by atoms with Crippen LogP contribution in [0.25, 0.3) is 10.1 Å². The minimum absolute atomic E-state index is 0.254. The van der Waals surface area contributed by atoms with Crippen LogP contribution in [-0.2, 0) is 0 Å². The van der Waals surface area contributed by atoms with Gasteiger partial charge in [-0.25, -0.2) is 4.79 Å². The molecule has 0 saturated carbocycles. The molecule has 0 bridgehead atoms. The van der Waals surface area contributed by atoms with Gasteiger partial charge in [-0.2, -0.15) is 0 Å². The van der Waals surface area contributed by atoms with Crippen LogP contribution in [0.5, 0.6) is 0 Å². The van der Waals surface area contributed by atoms with Crippen molar-refractivity contribution in [2.75, 3.05) is 0 Å². The van der Waals surface area contributed by atoms with Crippen molar-refractivity contribution in [1.29, 1.82) is 0 Å². The van der Waals surface area contributed by atoms with Gasteiger partial charge in [-0.1, -0.05) is 11.6 Å². The zero-order valence-corrected chi connectivity index (χ0v) is 9.29. The fraction of sp³-hybridized carbons (Fsp3) is 0. The zero-order valence-electron chi connectivity index (χ0n) is 6.82. The lowest BCUT2D eigenvalue weighted by atomic mass is 10.2. The SMILES string of the molecule is O=C(O)c1cc(S)cc2c(Cl)csc12. The van der Waals surface area contributed by atoms with E-state index in [1.54, 1.807) is 11.4 Å². The largest absolute Gasteiger partial charge is 0.478 e. The molecule has 0 amide bonds. The Morgan fingerprint density at radius 3 is 2.86 bits per heavy atom. The average Bonchev–Trinajstić information content (AvgIpc) is 2.47. The first kappa shape index (κ1) is 9.83. The molecule has 0 spiro atoms. The number of hydrogen-bond donors (Lipinski definition) is 2. The number of fused-ring (bicyclic) bond motifs is 1. The van der Waals surface area contributed by atoms with Gasteiger partial charge in [-0.15, -0.1) is 24.0 Å². The molecule has 0 radical (unpaired) electrons. The molecule has 0 atom stereocenters. The number of aromatic carboxylic acids is 1. The number of benzene rings is 1. The molecule has 72 valence electrons. The lowest BCUT2D eigenvalue weighted by molar-refractivity contribution is 0.0699. The standard InChI is InChI=1S/C9H5ClO2S2/c10-7-3-14-8-5(7)1-4(13)2-6(8)9(11)12/h1-3,13H,(H,11,12). The van der Waals surface area contributed by atoms with Crippen LogP contribution in [0.4, 0.5) is 0 Å². The third-order valence-corrected chi connectivity index (χ3v) is 3.57.